The molecule has 21 heavy (non-hydrogen) atoms. The summed E-state index contributed by atoms with van der Waals surface area (Å²) in [7, 11) is 0. The zero-order valence-corrected chi connectivity index (χ0v) is 12.9. The van der Waals surface area contributed by atoms with Gasteiger partial charge in [0.05, 0.1) is 6.04 Å². The molecule has 110 valence electrons. The zero-order valence-electron chi connectivity index (χ0n) is 12.9. The third-order valence-corrected chi connectivity index (χ3v) is 4.17. The molecule has 1 atom stereocenters. The highest BCUT2D eigenvalue weighted by molar-refractivity contribution is 5.35. The van der Waals surface area contributed by atoms with Gasteiger partial charge < -0.3 is 5.32 Å². The van der Waals surface area contributed by atoms with Crippen molar-refractivity contribution < 1.29 is 0 Å². The fraction of sp³-hybridized carbons (Fsp3) is 0.444. The number of rotatable bonds is 5. The summed E-state index contributed by atoms with van der Waals surface area (Å²) in [4.78, 5) is 8.98. The van der Waals surface area contributed by atoms with Crippen LogP contribution in [0.3, 0.4) is 0 Å². The van der Waals surface area contributed by atoms with Gasteiger partial charge in [0.2, 0.25) is 0 Å². The van der Waals surface area contributed by atoms with Gasteiger partial charge in [-0.15, -0.1) is 0 Å². The highest BCUT2D eigenvalue weighted by Crippen LogP contribution is 2.24. The Hall–Kier alpha value is -1.74. The maximum atomic E-state index is 4.49. The highest BCUT2D eigenvalue weighted by Gasteiger charge is 2.16. The molecule has 1 aromatic heterocycles. The van der Waals surface area contributed by atoms with E-state index in [1.807, 2.05) is 19.3 Å². The molecule has 1 N–H and O–H groups in total. The monoisotopic (exact) mass is 281 g/mol. The normalized spacial score (nSPS) is 15.0. The average Bonchev–Trinajstić information content (AvgIpc) is 2.95. The summed E-state index contributed by atoms with van der Waals surface area (Å²) >= 11 is 0. The van der Waals surface area contributed by atoms with E-state index >= 15 is 0 Å². The molecule has 1 unspecified atom stereocenters. The van der Waals surface area contributed by atoms with Crippen molar-refractivity contribution in [3.63, 3.8) is 0 Å². The first-order valence-corrected chi connectivity index (χ1v) is 7.89. The minimum absolute atomic E-state index is 0.190. The third kappa shape index (κ3) is 3.30. The summed E-state index contributed by atoms with van der Waals surface area (Å²) in [5.74, 6) is 0.892. The van der Waals surface area contributed by atoms with Gasteiger partial charge >= 0.3 is 0 Å². The van der Waals surface area contributed by atoms with Crippen LogP contribution in [0.15, 0.2) is 30.6 Å². The van der Waals surface area contributed by atoms with E-state index in [1.54, 1.807) is 0 Å². The molecular weight excluding hydrogens is 258 g/mol. The van der Waals surface area contributed by atoms with Crippen LogP contribution in [0.25, 0.3) is 0 Å². The van der Waals surface area contributed by atoms with Gasteiger partial charge in [-0.3, -0.25) is 0 Å². The summed E-state index contributed by atoms with van der Waals surface area (Å²) in [6, 6.07) is 7.13. The van der Waals surface area contributed by atoms with Gasteiger partial charge in [-0.05, 0) is 61.4 Å². The number of nitrogens with zero attached hydrogens (tertiary/aromatic N) is 2. The van der Waals surface area contributed by atoms with Crippen LogP contribution < -0.4 is 5.32 Å². The average molecular weight is 281 g/mol. The molecule has 0 aliphatic heterocycles. The third-order valence-electron chi connectivity index (χ3n) is 4.17. The maximum absolute atomic E-state index is 4.49. The van der Waals surface area contributed by atoms with Gasteiger partial charge in [0.1, 0.15) is 5.82 Å². The summed E-state index contributed by atoms with van der Waals surface area (Å²) in [6.07, 6.45) is 8.52. The summed E-state index contributed by atoms with van der Waals surface area (Å²) < 4.78 is 0. The topological polar surface area (TPSA) is 37.8 Å². The van der Waals surface area contributed by atoms with Crippen molar-refractivity contribution >= 4 is 0 Å². The Balaban J connectivity index is 1.80. The molecule has 0 saturated carbocycles. The molecule has 0 radical (unpaired) electrons. The standard InChI is InChI=1S/C18H23N3/c1-3-19-17(18-20-11-13(2)12-21-18)10-14-7-8-15-5-4-6-16(15)9-14/h7-9,11-12,17,19H,3-6,10H2,1-2H3. The van der Waals surface area contributed by atoms with Crippen molar-refractivity contribution in [3.8, 4) is 0 Å². The van der Waals surface area contributed by atoms with Crippen molar-refractivity contribution in [1.82, 2.24) is 15.3 Å². The lowest BCUT2D eigenvalue weighted by Crippen LogP contribution is -2.25. The van der Waals surface area contributed by atoms with Crippen LogP contribution in [0.4, 0.5) is 0 Å². The van der Waals surface area contributed by atoms with Crippen LogP contribution in [-0.4, -0.2) is 16.5 Å². The molecule has 3 heteroatoms. The number of likely N-dealkylation sites (N-methyl/N-ethyl adjacent to an activating group) is 1. The number of aryl methyl sites for hydroxylation is 3. The second-order valence-electron chi connectivity index (χ2n) is 5.89. The van der Waals surface area contributed by atoms with Crippen molar-refractivity contribution in [2.75, 3.05) is 6.54 Å². The Morgan fingerprint density at radius 2 is 1.90 bits per heavy atom. The zero-order chi connectivity index (χ0) is 14.7. The van der Waals surface area contributed by atoms with Gasteiger partial charge in [-0.1, -0.05) is 25.1 Å². The number of hydrogen-bond acceptors (Lipinski definition) is 3. The van der Waals surface area contributed by atoms with E-state index in [9.17, 15) is 0 Å². The molecule has 1 aliphatic carbocycles. The Morgan fingerprint density at radius 3 is 2.67 bits per heavy atom. The molecule has 0 fully saturated rings. The Bertz CT molecular complexity index is 604. The summed E-state index contributed by atoms with van der Waals surface area (Å²) in [5, 5.41) is 3.51. The number of benzene rings is 1. The molecular formula is C18H23N3. The van der Waals surface area contributed by atoms with E-state index in [0.717, 1.165) is 24.4 Å². The highest BCUT2D eigenvalue weighted by atomic mass is 15.0. The molecule has 0 bridgehead atoms. The molecule has 1 heterocycles. The Kier molecular flexibility index (Phi) is 4.30. The van der Waals surface area contributed by atoms with E-state index in [2.05, 4.69) is 40.4 Å². The Morgan fingerprint density at radius 1 is 1.14 bits per heavy atom. The number of nitrogens with one attached hydrogen (secondary N) is 1. The van der Waals surface area contributed by atoms with Crippen LogP contribution in [0.5, 0.6) is 0 Å². The lowest BCUT2D eigenvalue weighted by molar-refractivity contribution is 0.521. The van der Waals surface area contributed by atoms with Gasteiger partial charge in [0, 0.05) is 12.4 Å². The molecule has 3 rings (SSSR count). The van der Waals surface area contributed by atoms with Gasteiger partial charge in [0.15, 0.2) is 0 Å². The van der Waals surface area contributed by atoms with Crippen molar-refractivity contribution in [1.29, 1.82) is 0 Å². The molecule has 2 aromatic rings. The van der Waals surface area contributed by atoms with E-state index in [0.29, 0.717) is 0 Å². The first-order chi connectivity index (χ1) is 10.3. The van der Waals surface area contributed by atoms with Gasteiger partial charge in [-0.25, -0.2) is 9.97 Å². The molecule has 3 nitrogen and oxygen atoms in total. The van der Waals surface area contributed by atoms with E-state index in [-0.39, 0.29) is 6.04 Å². The Labute approximate surface area is 126 Å². The van der Waals surface area contributed by atoms with Crippen LogP contribution in [0, 0.1) is 6.92 Å². The molecule has 1 aliphatic rings. The molecule has 0 saturated heterocycles. The van der Waals surface area contributed by atoms with Crippen molar-refractivity contribution in [2.45, 2.75) is 45.6 Å². The van der Waals surface area contributed by atoms with Gasteiger partial charge in [-0.2, -0.15) is 0 Å². The maximum Gasteiger partial charge on any atom is 0.145 e. The predicted octanol–water partition coefficient (Wildman–Crippen LogP) is 3.17. The minimum atomic E-state index is 0.190. The quantitative estimate of drug-likeness (QED) is 0.914. The van der Waals surface area contributed by atoms with Crippen LogP contribution >= 0.6 is 0 Å². The molecule has 0 spiro atoms. The second kappa shape index (κ2) is 6.35. The fourth-order valence-electron chi connectivity index (χ4n) is 3.07. The largest absolute Gasteiger partial charge is 0.307 e. The summed E-state index contributed by atoms with van der Waals surface area (Å²) in [5.41, 5.74) is 5.55. The van der Waals surface area contributed by atoms with Crippen LogP contribution in [0.2, 0.25) is 0 Å². The van der Waals surface area contributed by atoms with Crippen LogP contribution in [-0.2, 0) is 19.3 Å². The number of hydrogen-bond donors (Lipinski definition) is 1. The van der Waals surface area contributed by atoms with E-state index < -0.39 is 0 Å². The molecule has 0 amide bonds. The smallest absolute Gasteiger partial charge is 0.145 e. The van der Waals surface area contributed by atoms with Crippen LogP contribution in [0.1, 0.15) is 47.5 Å². The predicted molar refractivity (Wildman–Crippen MR) is 85.4 cm³/mol. The first kappa shape index (κ1) is 14.2. The van der Waals surface area contributed by atoms with Gasteiger partial charge in [0.25, 0.3) is 0 Å². The summed E-state index contributed by atoms with van der Waals surface area (Å²) in [6.45, 7) is 5.07. The first-order valence-electron chi connectivity index (χ1n) is 7.89. The fourth-order valence-corrected chi connectivity index (χ4v) is 3.07. The van der Waals surface area contributed by atoms with E-state index in [4.69, 9.17) is 0 Å². The van der Waals surface area contributed by atoms with E-state index in [1.165, 1.54) is 36.0 Å². The lowest BCUT2D eigenvalue weighted by Gasteiger charge is -2.17. The second-order valence-corrected chi connectivity index (χ2v) is 5.89. The van der Waals surface area contributed by atoms with Crippen molar-refractivity contribution in [3.05, 3.63) is 58.7 Å². The molecule has 1 aromatic carbocycles. The number of fused-ring (bicyclic) bond motifs is 1. The lowest BCUT2D eigenvalue weighted by atomic mass is 10.0. The SMILES string of the molecule is CCNC(Cc1ccc2c(c1)CCC2)c1ncc(C)cn1. The van der Waals surface area contributed by atoms with Crippen molar-refractivity contribution in [2.24, 2.45) is 0 Å². The number of aromatic nitrogens is 2. The minimum Gasteiger partial charge on any atom is -0.307 e.